The Hall–Kier alpha value is -0.120. The van der Waals surface area contributed by atoms with Crippen molar-refractivity contribution in [3.63, 3.8) is 0 Å². The van der Waals surface area contributed by atoms with Crippen LogP contribution in [-0.2, 0) is 0 Å². The minimum Gasteiger partial charge on any atom is -0.393 e. The van der Waals surface area contributed by atoms with Crippen molar-refractivity contribution in [1.29, 1.82) is 0 Å². The minimum absolute atomic E-state index is 0.00263. The first-order valence-electron chi connectivity index (χ1n) is 9.69. The van der Waals surface area contributed by atoms with E-state index in [9.17, 15) is 15.3 Å². The first-order chi connectivity index (χ1) is 10.7. The van der Waals surface area contributed by atoms with Gasteiger partial charge in [-0.1, -0.05) is 20.8 Å². The highest BCUT2D eigenvalue weighted by Gasteiger charge is 2.67. The van der Waals surface area contributed by atoms with E-state index in [2.05, 4.69) is 20.8 Å². The van der Waals surface area contributed by atoms with Crippen LogP contribution >= 0.6 is 0 Å². The first kappa shape index (κ1) is 16.4. The van der Waals surface area contributed by atoms with Crippen LogP contribution in [0.4, 0.5) is 0 Å². The van der Waals surface area contributed by atoms with Gasteiger partial charge in [0.2, 0.25) is 0 Å². The normalized spacial score (nSPS) is 57.7. The van der Waals surface area contributed by atoms with Gasteiger partial charge in [-0.3, -0.25) is 0 Å². The lowest BCUT2D eigenvalue weighted by molar-refractivity contribution is -0.180. The van der Waals surface area contributed by atoms with Gasteiger partial charge < -0.3 is 15.3 Å². The van der Waals surface area contributed by atoms with Crippen LogP contribution in [0.5, 0.6) is 0 Å². The summed E-state index contributed by atoms with van der Waals surface area (Å²) in [6, 6.07) is 0. The molecule has 0 aromatic carbocycles. The number of rotatable bonds is 1. The highest BCUT2D eigenvalue weighted by Crippen LogP contribution is 2.72. The fourth-order valence-electron chi connectivity index (χ4n) is 8.02. The van der Waals surface area contributed by atoms with Gasteiger partial charge in [-0.05, 0) is 85.4 Å². The molecule has 4 aliphatic rings. The van der Waals surface area contributed by atoms with Crippen LogP contribution in [0.1, 0.15) is 72.1 Å². The highest BCUT2D eigenvalue weighted by molar-refractivity contribution is 5.17. The highest BCUT2D eigenvalue weighted by atomic mass is 16.3. The molecule has 0 heterocycles. The maximum Gasteiger partial charge on any atom is 0.0910 e. The van der Waals surface area contributed by atoms with Crippen molar-refractivity contribution in [1.82, 2.24) is 0 Å². The van der Waals surface area contributed by atoms with E-state index in [-0.39, 0.29) is 29.0 Å². The number of hydrogen-bond donors (Lipinski definition) is 3. The summed E-state index contributed by atoms with van der Waals surface area (Å²) in [5.74, 6) is 1.53. The van der Waals surface area contributed by atoms with Gasteiger partial charge in [0, 0.05) is 0 Å². The molecule has 3 heteroatoms. The van der Waals surface area contributed by atoms with Crippen LogP contribution in [0, 0.1) is 34.0 Å². The Bertz CT molecular complexity index is 503. The van der Waals surface area contributed by atoms with Crippen molar-refractivity contribution in [3.05, 3.63) is 0 Å². The maximum absolute atomic E-state index is 10.9. The zero-order valence-corrected chi connectivity index (χ0v) is 15.0. The fraction of sp³-hybridized carbons (Fsp3) is 1.00. The summed E-state index contributed by atoms with van der Waals surface area (Å²) in [7, 11) is 0. The molecule has 4 saturated carbocycles. The van der Waals surface area contributed by atoms with Crippen molar-refractivity contribution in [2.24, 2.45) is 34.0 Å². The van der Waals surface area contributed by atoms with E-state index in [0.717, 1.165) is 32.1 Å². The van der Waals surface area contributed by atoms with Crippen LogP contribution in [0.2, 0.25) is 0 Å². The standard InChI is InChI=1S/C20H34O3/c1-17(2)14-6-9-19-10-13(20(23,11-19)12-21)4-5-15(19)18(14,3)8-7-16(17)22/h13-16,21-23H,4-12H2,1-3H3/t13-,14-,15+,16?,18-,19+,20+/m0/s1. The Balaban J connectivity index is 1.72. The lowest BCUT2D eigenvalue weighted by Crippen LogP contribution is -2.59. The molecule has 7 atom stereocenters. The van der Waals surface area contributed by atoms with Gasteiger partial charge in [-0.2, -0.15) is 0 Å². The average Bonchev–Trinajstić information content (AvgIpc) is 2.70. The topological polar surface area (TPSA) is 60.7 Å². The second-order valence-corrected chi connectivity index (χ2v) is 10.3. The molecule has 1 unspecified atom stereocenters. The summed E-state index contributed by atoms with van der Waals surface area (Å²) < 4.78 is 0. The Kier molecular flexibility index (Phi) is 3.37. The lowest BCUT2D eigenvalue weighted by Gasteiger charge is -2.64. The second kappa shape index (κ2) is 4.74. The molecule has 132 valence electrons. The largest absolute Gasteiger partial charge is 0.393 e. The summed E-state index contributed by atoms with van der Waals surface area (Å²) in [4.78, 5) is 0. The van der Waals surface area contributed by atoms with Crippen LogP contribution in [0.25, 0.3) is 0 Å². The van der Waals surface area contributed by atoms with Gasteiger partial charge in [0.15, 0.2) is 0 Å². The lowest BCUT2D eigenvalue weighted by atomic mass is 9.41. The molecule has 3 N–H and O–H groups in total. The third kappa shape index (κ3) is 1.93. The summed E-state index contributed by atoms with van der Waals surface area (Å²) in [5, 5.41) is 31.3. The smallest absolute Gasteiger partial charge is 0.0910 e. The maximum atomic E-state index is 10.9. The minimum atomic E-state index is -0.832. The van der Waals surface area contributed by atoms with Crippen LogP contribution in [0.3, 0.4) is 0 Å². The van der Waals surface area contributed by atoms with Crippen molar-refractivity contribution in [3.8, 4) is 0 Å². The SMILES string of the molecule is CC1(C)C(O)CC[C@@]2(C)[C@H]1CC[C@]13C[C@H](CC[C@@H]12)[C@](O)(CO)C3. The predicted molar refractivity (Wildman–Crippen MR) is 89.8 cm³/mol. The van der Waals surface area contributed by atoms with E-state index in [0.29, 0.717) is 17.8 Å². The molecule has 0 aliphatic heterocycles. The van der Waals surface area contributed by atoms with E-state index in [4.69, 9.17) is 0 Å². The zero-order chi connectivity index (χ0) is 16.7. The van der Waals surface area contributed by atoms with Gasteiger partial charge in [0.1, 0.15) is 0 Å². The molecule has 0 amide bonds. The number of aliphatic hydroxyl groups is 3. The molecule has 3 nitrogen and oxygen atoms in total. The quantitative estimate of drug-likeness (QED) is 0.695. The van der Waals surface area contributed by atoms with Gasteiger partial charge in [0.25, 0.3) is 0 Å². The van der Waals surface area contributed by atoms with Crippen LogP contribution in [-0.4, -0.2) is 33.6 Å². The van der Waals surface area contributed by atoms with E-state index in [1.165, 1.54) is 19.3 Å². The predicted octanol–water partition coefficient (Wildman–Crippen LogP) is 3.11. The molecule has 4 aliphatic carbocycles. The van der Waals surface area contributed by atoms with E-state index < -0.39 is 5.60 Å². The Labute approximate surface area is 140 Å². The van der Waals surface area contributed by atoms with Gasteiger partial charge in [-0.25, -0.2) is 0 Å². The van der Waals surface area contributed by atoms with Gasteiger partial charge in [-0.15, -0.1) is 0 Å². The van der Waals surface area contributed by atoms with Gasteiger partial charge >= 0.3 is 0 Å². The van der Waals surface area contributed by atoms with Crippen molar-refractivity contribution >= 4 is 0 Å². The fourth-order valence-corrected chi connectivity index (χ4v) is 8.02. The van der Waals surface area contributed by atoms with E-state index in [1.807, 2.05) is 0 Å². The second-order valence-electron chi connectivity index (χ2n) is 10.3. The molecule has 4 fully saturated rings. The van der Waals surface area contributed by atoms with Crippen LogP contribution in [0.15, 0.2) is 0 Å². The molecule has 0 aromatic heterocycles. The summed E-state index contributed by atoms with van der Waals surface area (Å²) >= 11 is 0. The molecule has 0 aromatic rings. The molecule has 0 radical (unpaired) electrons. The number of aliphatic hydroxyl groups excluding tert-OH is 2. The molecule has 23 heavy (non-hydrogen) atoms. The Morgan fingerprint density at radius 2 is 1.70 bits per heavy atom. The van der Waals surface area contributed by atoms with E-state index >= 15 is 0 Å². The molecular formula is C20H34O3. The summed E-state index contributed by atoms with van der Waals surface area (Å²) in [6.07, 6.45) is 8.39. The zero-order valence-electron chi connectivity index (χ0n) is 15.0. The third-order valence-corrected chi connectivity index (χ3v) is 9.12. The van der Waals surface area contributed by atoms with Crippen molar-refractivity contribution in [2.45, 2.75) is 83.8 Å². The molecule has 4 rings (SSSR count). The first-order valence-corrected chi connectivity index (χ1v) is 9.69. The third-order valence-electron chi connectivity index (χ3n) is 9.12. The monoisotopic (exact) mass is 322 g/mol. The Morgan fingerprint density at radius 1 is 0.957 bits per heavy atom. The molecule has 2 bridgehead atoms. The summed E-state index contributed by atoms with van der Waals surface area (Å²) in [5.41, 5.74) is -0.310. The van der Waals surface area contributed by atoms with Crippen molar-refractivity contribution in [2.75, 3.05) is 6.61 Å². The van der Waals surface area contributed by atoms with Gasteiger partial charge in [0.05, 0.1) is 18.3 Å². The molecular weight excluding hydrogens is 288 g/mol. The van der Waals surface area contributed by atoms with Crippen molar-refractivity contribution < 1.29 is 15.3 Å². The summed E-state index contributed by atoms with van der Waals surface area (Å²) in [6.45, 7) is 6.94. The van der Waals surface area contributed by atoms with E-state index in [1.54, 1.807) is 0 Å². The van der Waals surface area contributed by atoms with Crippen LogP contribution < -0.4 is 0 Å². The molecule has 1 spiro atoms. The average molecular weight is 322 g/mol. The molecule has 0 saturated heterocycles. The number of hydrogen-bond acceptors (Lipinski definition) is 3. The Morgan fingerprint density at radius 3 is 2.39 bits per heavy atom. The number of fused-ring (bicyclic) bond motifs is 3.